The van der Waals surface area contributed by atoms with Crippen LogP contribution >= 0.6 is 22.6 Å². The van der Waals surface area contributed by atoms with Crippen molar-refractivity contribution < 1.29 is 48.1 Å². The number of ether oxygens (including phenoxy) is 4. The number of benzene rings is 2. The Kier molecular flexibility index (Phi) is 14.6. The number of carbonyl (C=O) groups excluding carboxylic acids is 4. The number of esters is 2. The predicted molar refractivity (Wildman–Crippen MR) is 223 cm³/mol. The third-order valence-electron chi connectivity index (χ3n) is 11.6. The van der Waals surface area contributed by atoms with E-state index in [2.05, 4.69) is 47.1 Å². The first-order valence-corrected chi connectivity index (χ1v) is 22.0. The van der Waals surface area contributed by atoms with Crippen molar-refractivity contribution in [3.63, 3.8) is 0 Å². The van der Waals surface area contributed by atoms with E-state index in [0.29, 0.717) is 24.0 Å². The van der Waals surface area contributed by atoms with Crippen LogP contribution in [-0.2, 0) is 51.3 Å². The maximum absolute atomic E-state index is 14.9. The molecule has 6 rings (SSSR count). The topological polar surface area (TPSA) is 162 Å². The number of fused-ring (bicyclic) bond motifs is 4. The second-order valence-corrected chi connectivity index (χ2v) is 18.4. The SMILES string of the molecule is CCCCCC1(CCCCC)O[C@@H]2[C@H]3ON(Cc4ccc(I)cc4)[C@H]4C(=O)OC(CC34C(=O)NCc3cccc(C(=O)N[C@H](CO)CCC(=O)OC(C)(C)C)c3)[C@@H]2O1. The number of nitrogens with zero attached hydrogens (tertiary/aromatic N) is 1. The zero-order valence-electron chi connectivity index (χ0n) is 34.4. The average molecular weight is 918 g/mol. The summed E-state index contributed by atoms with van der Waals surface area (Å²) in [5.41, 5.74) is -0.0692. The second-order valence-electron chi connectivity index (χ2n) is 17.2. The zero-order valence-corrected chi connectivity index (χ0v) is 36.6. The van der Waals surface area contributed by atoms with E-state index in [1.165, 1.54) is 0 Å². The number of hydroxylamine groups is 2. The highest BCUT2D eigenvalue weighted by Crippen LogP contribution is 2.58. The molecule has 1 aliphatic carbocycles. The minimum Gasteiger partial charge on any atom is -0.460 e. The van der Waals surface area contributed by atoms with E-state index in [1.807, 2.05) is 24.3 Å². The number of aliphatic hydroxyl groups is 1. The van der Waals surface area contributed by atoms with Gasteiger partial charge in [0.05, 0.1) is 19.2 Å². The number of hydrogen-bond acceptors (Lipinski definition) is 11. The van der Waals surface area contributed by atoms with Crippen molar-refractivity contribution in [3.05, 3.63) is 68.8 Å². The van der Waals surface area contributed by atoms with Gasteiger partial charge in [-0.1, -0.05) is 63.8 Å². The highest BCUT2D eigenvalue weighted by Gasteiger charge is 2.76. The number of carbonyl (C=O) groups is 4. The van der Waals surface area contributed by atoms with Gasteiger partial charge in [0.15, 0.2) is 11.8 Å². The molecule has 0 spiro atoms. The molecule has 0 aromatic heterocycles. The minimum atomic E-state index is -1.34. The normalized spacial score (nSPS) is 26.4. The van der Waals surface area contributed by atoms with E-state index >= 15 is 0 Å². The fourth-order valence-electron chi connectivity index (χ4n) is 8.80. The molecule has 58 heavy (non-hydrogen) atoms. The first kappa shape index (κ1) is 44.4. The van der Waals surface area contributed by atoms with Crippen LogP contribution in [0.15, 0.2) is 48.5 Å². The summed E-state index contributed by atoms with van der Waals surface area (Å²) in [6.07, 6.45) is 5.14. The number of amides is 2. The molecule has 318 valence electrons. The molecule has 4 fully saturated rings. The Bertz CT molecular complexity index is 1760. The Morgan fingerprint density at radius 2 is 1.67 bits per heavy atom. The standard InChI is InChI=1S/C44H60IN3O10/c1-6-8-10-21-43(22-11-9-7-2)56-35-33-24-44(37(40(52)54-33)48(58-38(44)36(35)57-43)26-28-15-17-31(45)18-16-28)41(53)46-25-29-13-12-14-30(23-29)39(51)47-32(27-49)19-20-34(50)55-42(3,4)5/h12-18,23,32-33,35-38,49H,6-11,19-22,24-27H2,1-5H3,(H,46,53)(H,47,51)/t32-,33?,35-,36-,37-,38+,44?/m0/s1. The van der Waals surface area contributed by atoms with E-state index < -0.39 is 71.1 Å². The first-order chi connectivity index (χ1) is 27.7. The van der Waals surface area contributed by atoms with Crippen LogP contribution in [0.1, 0.15) is 127 Å². The molecule has 7 atom stereocenters. The van der Waals surface area contributed by atoms with Gasteiger partial charge in [0.1, 0.15) is 35.4 Å². The van der Waals surface area contributed by atoms with Crippen LogP contribution in [0.2, 0.25) is 0 Å². The van der Waals surface area contributed by atoms with Crippen molar-refractivity contribution in [1.82, 2.24) is 15.7 Å². The number of halogens is 1. The second kappa shape index (κ2) is 19.1. The van der Waals surface area contributed by atoms with Crippen molar-refractivity contribution >= 4 is 46.3 Å². The van der Waals surface area contributed by atoms with Crippen LogP contribution in [0, 0.1) is 8.99 Å². The third-order valence-corrected chi connectivity index (χ3v) is 12.3. The molecule has 3 N–H and O–H groups in total. The molecule has 2 aromatic carbocycles. The van der Waals surface area contributed by atoms with Crippen LogP contribution in [0.5, 0.6) is 0 Å². The number of rotatable bonds is 19. The molecule has 2 amide bonds. The number of nitrogens with one attached hydrogen (secondary N) is 2. The lowest BCUT2D eigenvalue weighted by Crippen LogP contribution is -2.69. The van der Waals surface area contributed by atoms with Crippen molar-refractivity contribution in [2.75, 3.05) is 6.61 Å². The lowest BCUT2D eigenvalue weighted by molar-refractivity contribution is -0.224. The molecule has 3 aliphatic heterocycles. The van der Waals surface area contributed by atoms with Crippen LogP contribution in [0.4, 0.5) is 0 Å². The van der Waals surface area contributed by atoms with E-state index in [1.54, 1.807) is 50.1 Å². The number of aliphatic hydroxyl groups excluding tert-OH is 1. The summed E-state index contributed by atoms with van der Waals surface area (Å²) in [5.74, 6) is -2.59. The molecule has 2 aromatic rings. The summed E-state index contributed by atoms with van der Waals surface area (Å²) < 4.78 is 26.5. The van der Waals surface area contributed by atoms with Crippen LogP contribution in [0.3, 0.4) is 0 Å². The molecule has 13 nitrogen and oxygen atoms in total. The summed E-state index contributed by atoms with van der Waals surface area (Å²) in [6, 6.07) is 13.1. The molecule has 3 heterocycles. The Morgan fingerprint density at radius 3 is 2.33 bits per heavy atom. The van der Waals surface area contributed by atoms with Gasteiger partial charge in [0.2, 0.25) is 5.91 Å². The smallest absolute Gasteiger partial charge is 0.327 e. The highest BCUT2D eigenvalue weighted by molar-refractivity contribution is 14.1. The predicted octanol–water partition coefficient (Wildman–Crippen LogP) is 6.26. The van der Waals surface area contributed by atoms with Gasteiger partial charge in [-0.15, -0.1) is 0 Å². The zero-order chi connectivity index (χ0) is 41.7. The molecule has 0 radical (unpaired) electrons. The molecule has 2 unspecified atom stereocenters. The monoisotopic (exact) mass is 917 g/mol. The first-order valence-electron chi connectivity index (χ1n) is 21.0. The van der Waals surface area contributed by atoms with E-state index in [0.717, 1.165) is 47.7 Å². The van der Waals surface area contributed by atoms with E-state index in [9.17, 15) is 24.3 Å². The fraction of sp³-hybridized carbons (Fsp3) is 0.636. The van der Waals surface area contributed by atoms with Gasteiger partial charge < -0.3 is 34.7 Å². The quantitative estimate of drug-likeness (QED) is 0.0829. The summed E-state index contributed by atoms with van der Waals surface area (Å²) >= 11 is 2.25. The molecule has 14 heteroatoms. The van der Waals surface area contributed by atoms with Gasteiger partial charge in [-0.05, 0) is 98.0 Å². The minimum absolute atomic E-state index is 0.0380. The van der Waals surface area contributed by atoms with Crippen LogP contribution in [0.25, 0.3) is 0 Å². The largest absolute Gasteiger partial charge is 0.460 e. The van der Waals surface area contributed by atoms with Crippen molar-refractivity contribution in [1.29, 1.82) is 0 Å². The van der Waals surface area contributed by atoms with Gasteiger partial charge in [-0.2, -0.15) is 5.06 Å². The van der Waals surface area contributed by atoms with Crippen LogP contribution < -0.4 is 10.6 Å². The molecule has 1 saturated carbocycles. The van der Waals surface area contributed by atoms with Gasteiger partial charge in [0.25, 0.3) is 5.91 Å². The summed E-state index contributed by atoms with van der Waals surface area (Å²) in [6.45, 7) is 9.64. The lowest BCUT2D eigenvalue weighted by atomic mass is 9.62. The maximum Gasteiger partial charge on any atom is 0.327 e. The molecule has 3 saturated heterocycles. The van der Waals surface area contributed by atoms with Crippen LogP contribution in [-0.4, -0.2) is 88.4 Å². The van der Waals surface area contributed by atoms with Crippen molar-refractivity contribution in [2.24, 2.45) is 5.41 Å². The summed E-state index contributed by atoms with van der Waals surface area (Å²) in [5, 5.41) is 17.5. The summed E-state index contributed by atoms with van der Waals surface area (Å²) in [4.78, 5) is 61.3. The molecular weight excluding hydrogens is 857 g/mol. The highest BCUT2D eigenvalue weighted by atomic mass is 127. The molecule has 4 aliphatic rings. The lowest BCUT2D eigenvalue weighted by Gasteiger charge is -2.48. The van der Waals surface area contributed by atoms with Gasteiger partial charge in [-0.3, -0.25) is 24.0 Å². The van der Waals surface area contributed by atoms with E-state index in [4.69, 9.17) is 23.8 Å². The van der Waals surface area contributed by atoms with Gasteiger partial charge >= 0.3 is 11.9 Å². The summed E-state index contributed by atoms with van der Waals surface area (Å²) in [7, 11) is 0. The Labute approximate surface area is 355 Å². The van der Waals surface area contributed by atoms with Crippen molar-refractivity contribution in [2.45, 2.75) is 166 Å². The van der Waals surface area contributed by atoms with Gasteiger partial charge in [-0.25, -0.2) is 0 Å². The fourth-order valence-corrected chi connectivity index (χ4v) is 9.16. The third kappa shape index (κ3) is 10.1. The van der Waals surface area contributed by atoms with E-state index in [-0.39, 0.29) is 44.9 Å². The number of hydrogen-bond donors (Lipinski definition) is 3. The van der Waals surface area contributed by atoms with Gasteiger partial charge in [0, 0.05) is 41.4 Å². The van der Waals surface area contributed by atoms with Crippen molar-refractivity contribution in [3.8, 4) is 0 Å². The Balaban J connectivity index is 1.22. The maximum atomic E-state index is 14.9. The number of unbranched alkanes of at least 4 members (excludes halogenated alkanes) is 4. The molecular formula is C44H60IN3O10. The Hall–Kier alpha value is -3.15. The average Bonchev–Trinajstić information content (AvgIpc) is 3.74. The Morgan fingerprint density at radius 1 is 0.983 bits per heavy atom. The molecule has 2 bridgehead atoms.